The van der Waals surface area contributed by atoms with E-state index in [9.17, 15) is 31.9 Å². The first-order valence-corrected chi connectivity index (χ1v) is 10.2. The van der Waals surface area contributed by atoms with Gasteiger partial charge in [0.2, 0.25) is 0 Å². The topological polar surface area (TPSA) is 109 Å². The molecule has 0 bridgehead atoms. The monoisotopic (exact) mass is 502 g/mol. The number of anilines is 2. The SMILES string of the molecule is O=C(COc1ccccc1/C=N\NC(=O)C(=O)Nc1ccc(F)cc1)Nc1ccccc1C(F)(F)F. The maximum absolute atomic E-state index is 13.1. The Hall–Kier alpha value is -4.74. The van der Waals surface area contributed by atoms with Gasteiger partial charge in [-0.2, -0.15) is 18.3 Å². The predicted molar refractivity (Wildman–Crippen MR) is 123 cm³/mol. The molecule has 3 rings (SSSR count). The zero-order valence-electron chi connectivity index (χ0n) is 18.3. The van der Waals surface area contributed by atoms with Crippen molar-refractivity contribution in [1.82, 2.24) is 5.43 Å². The standard InChI is InChI=1S/C24H18F4N4O4/c25-16-9-11-17(12-10-16)30-22(34)23(35)32-29-13-15-5-1-4-8-20(15)36-14-21(33)31-19-7-3-2-6-18(19)24(26,27)28/h1-13H,14H2,(H,30,34)(H,31,33)(H,32,35)/b29-13-. The molecule has 0 radical (unpaired) electrons. The smallest absolute Gasteiger partial charge is 0.418 e. The molecule has 0 aromatic heterocycles. The highest BCUT2D eigenvalue weighted by atomic mass is 19.4. The minimum atomic E-state index is -4.64. The van der Waals surface area contributed by atoms with Gasteiger partial charge in [0.15, 0.2) is 6.61 Å². The molecule has 0 atom stereocenters. The van der Waals surface area contributed by atoms with Crippen LogP contribution in [0.4, 0.5) is 28.9 Å². The number of carbonyl (C=O) groups excluding carboxylic acids is 3. The third kappa shape index (κ3) is 7.38. The van der Waals surface area contributed by atoms with Gasteiger partial charge in [0.25, 0.3) is 5.91 Å². The van der Waals surface area contributed by atoms with Gasteiger partial charge in [-0.05, 0) is 48.5 Å². The molecular weight excluding hydrogens is 484 g/mol. The summed E-state index contributed by atoms with van der Waals surface area (Å²) in [4.78, 5) is 36.0. The fourth-order valence-corrected chi connectivity index (χ4v) is 2.82. The fourth-order valence-electron chi connectivity index (χ4n) is 2.82. The summed E-state index contributed by atoms with van der Waals surface area (Å²) in [5, 5.41) is 8.09. The van der Waals surface area contributed by atoms with Gasteiger partial charge in [-0.3, -0.25) is 14.4 Å². The normalized spacial score (nSPS) is 11.1. The number of hydrogen-bond donors (Lipinski definition) is 3. The van der Waals surface area contributed by atoms with E-state index in [0.29, 0.717) is 5.56 Å². The molecule has 3 aromatic rings. The van der Waals surface area contributed by atoms with Crippen molar-refractivity contribution in [3.05, 3.63) is 89.7 Å². The lowest BCUT2D eigenvalue weighted by atomic mass is 10.1. The highest BCUT2D eigenvalue weighted by Crippen LogP contribution is 2.34. The second-order valence-corrected chi connectivity index (χ2v) is 7.08. The Morgan fingerprint density at radius 3 is 2.25 bits per heavy atom. The van der Waals surface area contributed by atoms with Gasteiger partial charge in [-0.25, -0.2) is 9.82 Å². The van der Waals surface area contributed by atoms with Crippen molar-refractivity contribution in [1.29, 1.82) is 0 Å². The molecule has 3 N–H and O–H groups in total. The van der Waals surface area contributed by atoms with Crippen molar-refractivity contribution < 1.29 is 36.7 Å². The summed E-state index contributed by atoms with van der Waals surface area (Å²) in [6.45, 7) is -0.608. The molecule has 3 amide bonds. The lowest BCUT2D eigenvalue weighted by molar-refractivity contribution is -0.137. The van der Waals surface area contributed by atoms with E-state index >= 15 is 0 Å². The van der Waals surface area contributed by atoms with Crippen LogP contribution in [0.15, 0.2) is 77.9 Å². The summed E-state index contributed by atoms with van der Waals surface area (Å²) in [7, 11) is 0. The van der Waals surface area contributed by atoms with Crippen LogP contribution < -0.4 is 20.8 Å². The number of nitrogens with zero attached hydrogens (tertiary/aromatic N) is 1. The number of amides is 3. The second kappa shape index (κ2) is 11.6. The van der Waals surface area contributed by atoms with Gasteiger partial charge in [-0.15, -0.1) is 0 Å². The molecule has 12 heteroatoms. The fraction of sp³-hybridized carbons (Fsp3) is 0.0833. The quantitative estimate of drug-likeness (QED) is 0.197. The molecule has 0 saturated carbocycles. The minimum absolute atomic E-state index is 0.144. The highest BCUT2D eigenvalue weighted by molar-refractivity contribution is 6.39. The molecule has 0 spiro atoms. The van der Waals surface area contributed by atoms with E-state index in [0.717, 1.165) is 30.5 Å². The summed E-state index contributed by atoms with van der Waals surface area (Å²) < 4.78 is 57.6. The third-order valence-electron chi connectivity index (χ3n) is 4.46. The van der Waals surface area contributed by atoms with Crippen molar-refractivity contribution in [2.45, 2.75) is 6.18 Å². The number of nitrogens with one attached hydrogen (secondary N) is 3. The third-order valence-corrected chi connectivity index (χ3v) is 4.46. The van der Waals surface area contributed by atoms with E-state index in [1.807, 2.05) is 5.43 Å². The molecule has 0 aliphatic heterocycles. The maximum atomic E-state index is 13.1. The summed E-state index contributed by atoms with van der Waals surface area (Å²) in [6.07, 6.45) is -3.50. The zero-order valence-corrected chi connectivity index (χ0v) is 18.3. The van der Waals surface area contributed by atoms with Gasteiger partial charge in [0, 0.05) is 11.3 Å². The molecule has 186 valence electrons. The van der Waals surface area contributed by atoms with E-state index < -0.39 is 47.6 Å². The summed E-state index contributed by atoms with van der Waals surface area (Å²) >= 11 is 0. The zero-order chi connectivity index (χ0) is 26.1. The molecular formula is C24H18F4N4O4. The first-order chi connectivity index (χ1) is 17.1. The second-order valence-electron chi connectivity index (χ2n) is 7.08. The van der Waals surface area contributed by atoms with E-state index in [4.69, 9.17) is 4.74 Å². The van der Waals surface area contributed by atoms with Crippen LogP contribution in [0.2, 0.25) is 0 Å². The number of halogens is 4. The Kier molecular flexibility index (Phi) is 8.34. The maximum Gasteiger partial charge on any atom is 0.418 e. The molecule has 0 unspecified atom stereocenters. The average molecular weight is 502 g/mol. The molecule has 0 aliphatic rings. The highest BCUT2D eigenvalue weighted by Gasteiger charge is 2.33. The van der Waals surface area contributed by atoms with Crippen LogP contribution in [0, 0.1) is 5.82 Å². The number of hydrogen-bond acceptors (Lipinski definition) is 5. The molecule has 0 saturated heterocycles. The average Bonchev–Trinajstić information content (AvgIpc) is 2.84. The number of hydrazone groups is 1. The van der Waals surface area contributed by atoms with Crippen LogP contribution in [0.3, 0.4) is 0 Å². The van der Waals surface area contributed by atoms with Crippen molar-refractivity contribution in [2.24, 2.45) is 5.10 Å². The molecule has 8 nitrogen and oxygen atoms in total. The molecule has 0 aliphatic carbocycles. The van der Waals surface area contributed by atoms with E-state index in [1.165, 1.54) is 36.4 Å². The van der Waals surface area contributed by atoms with Crippen LogP contribution in [0.25, 0.3) is 0 Å². The van der Waals surface area contributed by atoms with Gasteiger partial charge in [0.05, 0.1) is 17.5 Å². The van der Waals surface area contributed by atoms with Crippen molar-refractivity contribution >= 4 is 35.3 Å². The Labute approximate surface area is 202 Å². The van der Waals surface area contributed by atoms with Crippen molar-refractivity contribution in [2.75, 3.05) is 17.2 Å². The van der Waals surface area contributed by atoms with Crippen LogP contribution >= 0.6 is 0 Å². The van der Waals surface area contributed by atoms with E-state index in [-0.39, 0.29) is 11.4 Å². The van der Waals surface area contributed by atoms with Crippen molar-refractivity contribution in [3.63, 3.8) is 0 Å². The lowest BCUT2D eigenvalue weighted by Gasteiger charge is -2.14. The Morgan fingerprint density at radius 1 is 0.861 bits per heavy atom. The number of alkyl halides is 3. The van der Waals surface area contributed by atoms with E-state index in [2.05, 4.69) is 15.7 Å². The summed E-state index contributed by atoms with van der Waals surface area (Å²) in [6, 6.07) is 15.5. The summed E-state index contributed by atoms with van der Waals surface area (Å²) in [5.74, 6) is -3.34. The van der Waals surface area contributed by atoms with Crippen LogP contribution in [0.5, 0.6) is 5.75 Å². The van der Waals surface area contributed by atoms with Gasteiger partial charge >= 0.3 is 18.0 Å². The Balaban J connectivity index is 1.56. The van der Waals surface area contributed by atoms with Crippen molar-refractivity contribution in [3.8, 4) is 5.75 Å². The molecule has 3 aromatic carbocycles. The number of carbonyl (C=O) groups is 3. The summed E-state index contributed by atoms with van der Waals surface area (Å²) in [5.41, 5.74) is 1.12. The number of rotatable bonds is 7. The minimum Gasteiger partial charge on any atom is -0.483 e. The van der Waals surface area contributed by atoms with Crippen LogP contribution in [0.1, 0.15) is 11.1 Å². The van der Waals surface area contributed by atoms with E-state index in [1.54, 1.807) is 12.1 Å². The van der Waals surface area contributed by atoms with Crippen LogP contribution in [-0.4, -0.2) is 30.5 Å². The first-order valence-electron chi connectivity index (χ1n) is 10.2. The largest absolute Gasteiger partial charge is 0.483 e. The van der Waals surface area contributed by atoms with Gasteiger partial charge < -0.3 is 15.4 Å². The molecule has 0 fully saturated rings. The number of para-hydroxylation sites is 2. The first kappa shape index (κ1) is 25.9. The Bertz CT molecular complexity index is 1280. The predicted octanol–water partition coefficient (Wildman–Crippen LogP) is 3.95. The number of benzene rings is 3. The molecule has 0 heterocycles. The molecule has 36 heavy (non-hydrogen) atoms. The Morgan fingerprint density at radius 2 is 1.53 bits per heavy atom. The number of ether oxygens (including phenoxy) is 1. The van der Waals surface area contributed by atoms with Gasteiger partial charge in [0.1, 0.15) is 11.6 Å². The van der Waals surface area contributed by atoms with Crippen LogP contribution in [-0.2, 0) is 20.6 Å². The van der Waals surface area contributed by atoms with Gasteiger partial charge in [-0.1, -0.05) is 24.3 Å². The lowest BCUT2D eigenvalue weighted by Crippen LogP contribution is -2.32.